The van der Waals surface area contributed by atoms with Crippen LogP contribution in [0.4, 0.5) is 0 Å². The third-order valence-electron chi connectivity index (χ3n) is 2.83. The molecule has 4 heteroatoms. The van der Waals surface area contributed by atoms with Gasteiger partial charge in [-0.2, -0.15) is 0 Å². The van der Waals surface area contributed by atoms with Gasteiger partial charge in [0.25, 0.3) is 0 Å². The summed E-state index contributed by atoms with van der Waals surface area (Å²) in [6, 6.07) is 0.349. The first kappa shape index (κ1) is 12.0. The van der Waals surface area contributed by atoms with E-state index in [2.05, 4.69) is 12.2 Å². The van der Waals surface area contributed by atoms with Crippen LogP contribution in [0.3, 0.4) is 0 Å². The van der Waals surface area contributed by atoms with Gasteiger partial charge in [0.05, 0.1) is 12.3 Å². The van der Waals surface area contributed by atoms with E-state index < -0.39 is 9.84 Å². The first-order valence-electron chi connectivity index (χ1n) is 5.68. The molecule has 0 aliphatic carbocycles. The number of unbranched alkanes of at least 4 members (excludes halogenated alkanes) is 3. The van der Waals surface area contributed by atoms with E-state index in [1.807, 2.05) is 0 Å². The lowest BCUT2D eigenvalue weighted by atomic mass is 10.2. The van der Waals surface area contributed by atoms with Gasteiger partial charge in [0.2, 0.25) is 0 Å². The first-order valence-corrected chi connectivity index (χ1v) is 7.50. The van der Waals surface area contributed by atoms with Gasteiger partial charge in [0.15, 0.2) is 9.84 Å². The zero-order valence-electron chi connectivity index (χ0n) is 9.04. The third kappa shape index (κ3) is 4.42. The van der Waals surface area contributed by atoms with E-state index in [-0.39, 0.29) is 0 Å². The van der Waals surface area contributed by atoms with Gasteiger partial charge in [0.1, 0.15) is 11.8 Å². The molecule has 1 atom stereocenters. The highest BCUT2D eigenvalue weighted by molar-refractivity contribution is 7.91. The maximum Gasteiger partial charge on any atom is 0.156 e. The second-order valence-electron chi connectivity index (χ2n) is 4.25. The van der Waals surface area contributed by atoms with Crippen LogP contribution in [0.2, 0.25) is 0 Å². The van der Waals surface area contributed by atoms with Crippen molar-refractivity contribution in [1.82, 2.24) is 0 Å². The molecule has 0 radical (unpaired) electrons. The minimum absolute atomic E-state index is 0.349. The zero-order valence-corrected chi connectivity index (χ0v) is 9.85. The van der Waals surface area contributed by atoms with Gasteiger partial charge in [-0.15, -0.1) is 0 Å². The molecule has 1 fully saturated rings. The quantitative estimate of drug-likeness (QED) is 0.655. The second-order valence-corrected chi connectivity index (χ2v) is 6.48. The van der Waals surface area contributed by atoms with Gasteiger partial charge in [0, 0.05) is 6.42 Å². The lowest BCUT2D eigenvalue weighted by Gasteiger charge is -2.06. The van der Waals surface area contributed by atoms with Crippen LogP contribution in [0.1, 0.15) is 39.0 Å². The molecule has 3 nitrogen and oxygen atoms in total. The van der Waals surface area contributed by atoms with E-state index in [0.29, 0.717) is 17.5 Å². The molecule has 14 heavy (non-hydrogen) atoms. The van der Waals surface area contributed by atoms with Crippen molar-refractivity contribution >= 4 is 9.84 Å². The Labute approximate surface area is 87.2 Å². The Balaban J connectivity index is 2.03. The van der Waals surface area contributed by atoms with Crippen LogP contribution in [-0.4, -0.2) is 32.5 Å². The van der Waals surface area contributed by atoms with Crippen LogP contribution >= 0.6 is 0 Å². The Hall–Kier alpha value is -0.0900. The average Bonchev–Trinajstić information content (AvgIpc) is 2.45. The molecule has 84 valence electrons. The molecule has 1 saturated heterocycles. The second kappa shape index (κ2) is 5.71. The van der Waals surface area contributed by atoms with Crippen molar-refractivity contribution in [1.29, 1.82) is 0 Å². The molecule has 1 heterocycles. The average molecular weight is 220 g/mol. The van der Waals surface area contributed by atoms with E-state index in [0.717, 1.165) is 13.0 Å². The lowest BCUT2D eigenvalue weighted by molar-refractivity contribution is -0.684. The van der Waals surface area contributed by atoms with Gasteiger partial charge in [-0.25, -0.2) is 8.42 Å². The summed E-state index contributed by atoms with van der Waals surface area (Å²) in [6.07, 6.45) is 5.93. The Morgan fingerprint density at radius 3 is 2.64 bits per heavy atom. The van der Waals surface area contributed by atoms with Crippen LogP contribution < -0.4 is 5.32 Å². The molecule has 0 aromatic rings. The number of sulfone groups is 1. The highest BCUT2D eigenvalue weighted by Crippen LogP contribution is 2.07. The van der Waals surface area contributed by atoms with Crippen molar-refractivity contribution in [3.63, 3.8) is 0 Å². The number of hydrogen-bond donors (Lipinski definition) is 1. The van der Waals surface area contributed by atoms with Gasteiger partial charge in [-0.3, -0.25) is 0 Å². The summed E-state index contributed by atoms with van der Waals surface area (Å²) in [5, 5.41) is 2.22. The number of rotatable bonds is 6. The fourth-order valence-electron chi connectivity index (χ4n) is 1.93. The van der Waals surface area contributed by atoms with Gasteiger partial charge in [-0.1, -0.05) is 19.8 Å². The van der Waals surface area contributed by atoms with Crippen molar-refractivity contribution in [2.45, 2.75) is 45.1 Å². The van der Waals surface area contributed by atoms with E-state index >= 15 is 0 Å². The molecule has 1 aliphatic rings. The van der Waals surface area contributed by atoms with Crippen LogP contribution in [0.5, 0.6) is 0 Å². The molecule has 1 aliphatic heterocycles. The molecule has 0 bridgehead atoms. The van der Waals surface area contributed by atoms with E-state index in [9.17, 15) is 8.42 Å². The Bertz CT molecular complexity index is 249. The molecule has 0 aromatic heterocycles. The summed E-state index contributed by atoms with van der Waals surface area (Å²) >= 11 is 0. The minimum atomic E-state index is -2.67. The number of nitrogens with two attached hydrogens (primary N) is 1. The fourth-order valence-corrected chi connectivity index (χ4v) is 3.72. The molecule has 0 aromatic carbocycles. The smallest absolute Gasteiger partial charge is 0.156 e. The molecular weight excluding hydrogens is 198 g/mol. The highest BCUT2D eigenvalue weighted by Gasteiger charge is 2.29. The van der Waals surface area contributed by atoms with Crippen molar-refractivity contribution in [3.05, 3.63) is 0 Å². The van der Waals surface area contributed by atoms with Crippen molar-refractivity contribution < 1.29 is 13.7 Å². The largest absolute Gasteiger partial charge is 0.343 e. The summed E-state index contributed by atoms with van der Waals surface area (Å²) in [6.45, 7) is 3.30. The lowest BCUT2D eigenvalue weighted by Crippen LogP contribution is -2.90. The predicted octanol–water partition coefficient (Wildman–Crippen LogP) is 0.317. The number of quaternary nitrogens is 1. The van der Waals surface area contributed by atoms with Crippen LogP contribution in [-0.2, 0) is 9.84 Å². The Morgan fingerprint density at radius 2 is 2.07 bits per heavy atom. The summed E-state index contributed by atoms with van der Waals surface area (Å²) in [4.78, 5) is 0. The summed E-state index contributed by atoms with van der Waals surface area (Å²) in [7, 11) is -2.67. The molecular formula is C10H22NO2S+. The zero-order chi connectivity index (χ0) is 10.4. The molecule has 2 N–H and O–H groups in total. The van der Waals surface area contributed by atoms with Gasteiger partial charge >= 0.3 is 0 Å². The number of hydrogen-bond acceptors (Lipinski definition) is 2. The van der Waals surface area contributed by atoms with Crippen LogP contribution in [0, 0.1) is 0 Å². The minimum Gasteiger partial charge on any atom is -0.343 e. The predicted molar refractivity (Wildman–Crippen MR) is 58.0 cm³/mol. The van der Waals surface area contributed by atoms with Crippen molar-refractivity contribution in [3.8, 4) is 0 Å². The van der Waals surface area contributed by atoms with Crippen molar-refractivity contribution in [2.75, 3.05) is 18.1 Å². The summed E-state index contributed by atoms with van der Waals surface area (Å²) < 4.78 is 22.3. The van der Waals surface area contributed by atoms with E-state index in [4.69, 9.17) is 0 Å². The van der Waals surface area contributed by atoms with Crippen molar-refractivity contribution in [2.24, 2.45) is 0 Å². The summed E-state index contributed by atoms with van der Waals surface area (Å²) in [5.41, 5.74) is 0. The van der Waals surface area contributed by atoms with Crippen LogP contribution in [0.25, 0.3) is 0 Å². The standard InChI is InChI=1S/C10H21NO2S/c1-2-3-4-5-7-11-10-6-8-14(12,13)9-10/h10-11H,2-9H2,1H3/p+1/t10-/m1/s1. The topological polar surface area (TPSA) is 50.8 Å². The Kier molecular flexibility index (Phi) is 4.89. The van der Waals surface area contributed by atoms with Crippen LogP contribution in [0.15, 0.2) is 0 Å². The van der Waals surface area contributed by atoms with Gasteiger partial charge in [-0.05, 0) is 12.8 Å². The van der Waals surface area contributed by atoms with E-state index in [1.165, 1.54) is 25.7 Å². The first-order chi connectivity index (χ1) is 6.64. The van der Waals surface area contributed by atoms with E-state index in [1.54, 1.807) is 0 Å². The maximum atomic E-state index is 11.2. The Morgan fingerprint density at radius 1 is 1.29 bits per heavy atom. The molecule has 0 spiro atoms. The van der Waals surface area contributed by atoms with Gasteiger partial charge < -0.3 is 5.32 Å². The third-order valence-corrected chi connectivity index (χ3v) is 4.62. The molecule has 0 amide bonds. The normalized spacial score (nSPS) is 25.4. The highest BCUT2D eigenvalue weighted by atomic mass is 32.2. The summed E-state index contributed by atoms with van der Waals surface area (Å²) in [5.74, 6) is 0.809. The monoisotopic (exact) mass is 220 g/mol. The SMILES string of the molecule is CCCCCC[NH2+][C@@H]1CCS(=O)(=O)C1. The maximum absolute atomic E-state index is 11.2. The fraction of sp³-hybridized carbons (Fsp3) is 1.00. The molecule has 0 unspecified atom stereocenters. The molecule has 1 rings (SSSR count). The molecule has 0 saturated carbocycles.